The molecule has 0 unspecified atom stereocenters. The fraction of sp³-hybridized carbons (Fsp3) is 0.489. The third-order valence-electron chi connectivity index (χ3n) is 13.6. The topological polar surface area (TPSA) is 131 Å². The number of hydrogen-bond donors (Lipinski definition) is 2. The van der Waals surface area contributed by atoms with Gasteiger partial charge in [0.25, 0.3) is 11.8 Å². The largest absolute Gasteiger partial charge is 0.469 e. The zero-order valence-corrected chi connectivity index (χ0v) is 35.1. The highest BCUT2D eigenvalue weighted by atomic mass is 32.1. The van der Waals surface area contributed by atoms with Gasteiger partial charge in [-0.1, -0.05) is 54.9 Å². The molecule has 0 radical (unpaired) electrons. The minimum absolute atomic E-state index is 0.170. The van der Waals surface area contributed by atoms with Gasteiger partial charge in [0, 0.05) is 55.0 Å². The number of esters is 1. The van der Waals surface area contributed by atoms with Crippen molar-refractivity contribution in [2.24, 2.45) is 23.2 Å². The summed E-state index contributed by atoms with van der Waals surface area (Å²) in [6.45, 7) is 4.82. The molecule has 0 spiro atoms. The van der Waals surface area contributed by atoms with Crippen LogP contribution in [0.15, 0.2) is 60.8 Å². The average molecular weight is 814 g/mol. The molecule has 0 atom stereocenters. The molecule has 59 heavy (non-hydrogen) atoms. The number of rotatable bonds is 15. The van der Waals surface area contributed by atoms with Crippen LogP contribution in [-0.2, 0) is 29.0 Å². The lowest BCUT2D eigenvalue weighted by atomic mass is 9.49. The lowest BCUT2D eigenvalue weighted by Gasteiger charge is -2.56. The number of ether oxygens (including phenoxy) is 1. The summed E-state index contributed by atoms with van der Waals surface area (Å²) in [4.78, 5) is 51.3. The zero-order chi connectivity index (χ0) is 40.5. The number of fused-ring (bicyclic) bond motifs is 2. The molecule has 5 aromatic rings. The van der Waals surface area contributed by atoms with Crippen molar-refractivity contribution in [3.63, 3.8) is 0 Å². The van der Waals surface area contributed by atoms with E-state index in [2.05, 4.69) is 38.2 Å². The highest BCUT2D eigenvalue weighted by Gasteiger charge is 2.51. The van der Waals surface area contributed by atoms with Crippen LogP contribution in [0, 0.1) is 30.1 Å². The second-order valence-corrected chi connectivity index (χ2v) is 18.7. The molecular formula is C47H55N7O4S. The zero-order valence-electron chi connectivity index (χ0n) is 34.3. The number of para-hydroxylation sites is 1. The molecule has 4 aliphatic carbocycles. The van der Waals surface area contributed by atoms with Crippen LogP contribution >= 0.6 is 11.3 Å². The second kappa shape index (κ2) is 16.9. The van der Waals surface area contributed by atoms with Crippen molar-refractivity contribution in [1.29, 1.82) is 0 Å². The van der Waals surface area contributed by atoms with Crippen LogP contribution in [0.5, 0.6) is 0 Å². The Hall–Kier alpha value is -5.10. The summed E-state index contributed by atoms with van der Waals surface area (Å²) in [6, 6.07) is 17.9. The summed E-state index contributed by atoms with van der Waals surface area (Å²) in [6.07, 6.45) is 15.9. The number of thiazole rings is 1. The smallest absolute Gasteiger partial charge is 0.305 e. The Morgan fingerprint density at radius 3 is 2.41 bits per heavy atom. The van der Waals surface area contributed by atoms with Gasteiger partial charge in [-0.15, -0.1) is 0 Å². The van der Waals surface area contributed by atoms with Crippen LogP contribution in [-0.4, -0.2) is 57.7 Å². The van der Waals surface area contributed by atoms with Crippen LogP contribution < -0.4 is 15.5 Å². The number of nitrogens with one attached hydrogen (secondary N) is 2. The van der Waals surface area contributed by atoms with Gasteiger partial charge in [0.05, 0.1) is 23.5 Å². The molecule has 3 aromatic heterocycles. The van der Waals surface area contributed by atoms with E-state index in [0.717, 1.165) is 101 Å². The van der Waals surface area contributed by atoms with Gasteiger partial charge >= 0.3 is 5.97 Å². The Morgan fingerprint density at radius 2 is 1.63 bits per heavy atom. The highest BCUT2D eigenvalue weighted by molar-refractivity contribution is 7.22. The molecule has 10 rings (SSSR count). The molecule has 2 aromatic carbocycles. The molecule has 11 nitrogen and oxygen atoms in total. The van der Waals surface area contributed by atoms with Crippen LogP contribution in [0.25, 0.3) is 21.3 Å². The molecule has 4 bridgehead atoms. The number of anilines is 2. The lowest BCUT2D eigenvalue weighted by Crippen LogP contribution is -2.48. The number of pyridine rings is 1. The van der Waals surface area contributed by atoms with E-state index in [1.807, 2.05) is 54.7 Å². The summed E-state index contributed by atoms with van der Waals surface area (Å²) in [5, 5.41) is 11.8. The van der Waals surface area contributed by atoms with E-state index < -0.39 is 0 Å². The van der Waals surface area contributed by atoms with Crippen molar-refractivity contribution in [1.82, 2.24) is 25.1 Å². The molecule has 4 saturated carbocycles. The normalized spacial score (nSPS) is 21.7. The number of methoxy groups -OCH3 is 1. The van der Waals surface area contributed by atoms with Crippen molar-refractivity contribution in [3.8, 4) is 11.1 Å². The molecule has 308 valence electrons. The summed E-state index contributed by atoms with van der Waals surface area (Å²) in [7, 11) is 1.42. The number of unbranched alkanes of at least 4 members (excludes halogenated alkanes) is 4. The number of benzene rings is 2. The van der Waals surface area contributed by atoms with Gasteiger partial charge in [-0.05, 0) is 129 Å². The minimum Gasteiger partial charge on any atom is -0.469 e. The Morgan fingerprint density at radius 1 is 0.864 bits per heavy atom. The maximum Gasteiger partial charge on any atom is 0.305 e. The van der Waals surface area contributed by atoms with Crippen molar-refractivity contribution in [2.75, 3.05) is 30.4 Å². The van der Waals surface area contributed by atoms with Crippen molar-refractivity contribution >= 4 is 50.3 Å². The monoisotopic (exact) mass is 813 g/mol. The maximum absolute atomic E-state index is 14.2. The number of hydrogen-bond acceptors (Lipinski definition) is 9. The lowest BCUT2D eigenvalue weighted by molar-refractivity contribution is -0.140. The molecule has 4 fully saturated rings. The third-order valence-corrected chi connectivity index (χ3v) is 14.5. The summed E-state index contributed by atoms with van der Waals surface area (Å²) < 4.78 is 7.99. The average Bonchev–Trinajstić information content (AvgIpc) is 3.81. The Kier molecular flexibility index (Phi) is 11.3. The molecule has 12 heteroatoms. The first-order valence-electron chi connectivity index (χ1n) is 21.7. The minimum atomic E-state index is -0.200. The van der Waals surface area contributed by atoms with Crippen molar-refractivity contribution in [3.05, 3.63) is 88.9 Å². The van der Waals surface area contributed by atoms with Crippen LogP contribution in [0.4, 0.5) is 10.9 Å². The van der Waals surface area contributed by atoms with Gasteiger partial charge in [0.15, 0.2) is 5.13 Å². The van der Waals surface area contributed by atoms with Crippen LogP contribution in [0.2, 0.25) is 0 Å². The van der Waals surface area contributed by atoms with Gasteiger partial charge in [-0.3, -0.25) is 24.4 Å². The SMILES string of the molecule is COC(=O)CCCCCCCNC(=O)c1nc(N2CCc3cccc(C(=O)Nc4nc5ccccc5s4)c3C2)ccc1-c1cnn(CC23CC4CC(CC(C4)C2)C3)c1C. The fourth-order valence-electron chi connectivity index (χ4n) is 11.1. The first-order valence-corrected chi connectivity index (χ1v) is 22.5. The van der Waals surface area contributed by atoms with E-state index in [1.54, 1.807) is 0 Å². The van der Waals surface area contributed by atoms with E-state index in [-0.39, 0.29) is 17.8 Å². The standard InChI is InChI=1S/C47H55N7O4S/c1-30-37(27-49-54(30)29-47-24-31-21-32(25-47)23-33(22-31)26-47)35-16-17-41(51-43(35)45(57)48-19-9-5-3-4-6-15-42(55)58-2)53-20-18-34-11-10-12-36(38(34)28-53)44(56)52-46-50-39-13-7-8-14-40(39)59-46/h7-8,10-14,16-17,27,31-33H,3-6,9,15,18-26,28-29H2,1-2H3,(H,48,57)(H,50,52,56). The molecule has 5 aliphatic rings. The van der Waals surface area contributed by atoms with Gasteiger partial charge in [0.1, 0.15) is 11.5 Å². The fourth-order valence-corrected chi connectivity index (χ4v) is 11.9. The second-order valence-electron chi connectivity index (χ2n) is 17.7. The first-order chi connectivity index (χ1) is 28.7. The highest BCUT2D eigenvalue weighted by Crippen LogP contribution is 2.60. The van der Waals surface area contributed by atoms with Crippen molar-refractivity contribution < 1.29 is 19.1 Å². The molecule has 2 amide bonds. The van der Waals surface area contributed by atoms with Gasteiger partial charge in [-0.25, -0.2) is 9.97 Å². The maximum atomic E-state index is 14.2. The van der Waals surface area contributed by atoms with Gasteiger partial charge in [-0.2, -0.15) is 5.10 Å². The number of nitrogens with zero attached hydrogens (tertiary/aromatic N) is 5. The van der Waals surface area contributed by atoms with Gasteiger partial charge in [0.2, 0.25) is 0 Å². The van der Waals surface area contributed by atoms with E-state index >= 15 is 0 Å². The molecule has 1 aliphatic heterocycles. The van der Waals surface area contributed by atoms with E-state index in [4.69, 9.17) is 14.8 Å². The first kappa shape index (κ1) is 39.4. The third kappa shape index (κ3) is 8.38. The Bertz CT molecular complexity index is 2300. The van der Waals surface area contributed by atoms with Crippen molar-refractivity contribution in [2.45, 2.75) is 103 Å². The molecular weight excluding hydrogens is 759 g/mol. The summed E-state index contributed by atoms with van der Waals surface area (Å²) in [5.74, 6) is 2.76. The van der Waals surface area contributed by atoms with Crippen LogP contribution in [0.1, 0.15) is 115 Å². The number of amides is 2. The Balaban J connectivity index is 0.944. The van der Waals surface area contributed by atoms with Crippen LogP contribution in [0.3, 0.4) is 0 Å². The Labute approximate surface area is 350 Å². The molecule has 4 heterocycles. The number of carbonyl (C=O) groups is 3. The predicted octanol–water partition coefficient (Wildman–Crippen LogP) is 9.14. The molecule has 2 N–H and O–H groups in total. The van der Waals surface area contributed by atoms with E-state index in [9.17, 15) is 14.4 Å². The molecule has 0 saturated heterocycles. The number of carbonyl (C=O) groups excluding carboxylic acids is 3. The predicted molar refractivity (Wildman–Crippen MR) is 232 cm³/mol. The van der Waals surface area contributed by atoms with E-state index in [1.165, 1.54) is 57.0 Å². The van der Waals surface area contributed by atoms with Gasteiger partial charge < -0.3 is 15.0 Å². The number of aromatic nitrogens is 4. The van der Waals surface area contributed by atoms with E-state index in [0.29, 0.717) is 53.7 Å². The quantitative estimate of drug-likeness (QED) is 0.0791. The summed E-state index contributed by atoms with van der Waals surface area (Å²) in [5.41, 5.74) is 7.12. The summed E-state index contributed by atoms with van der Waals surface area (Å²) >= 11 is 1.47.